The summed E-state index contributed by atoms with van der Waals surface area (Å²) in [6.07, 6.45) is 1.04. The van der Waals surface area contributed by atoms with Gasteiger partial charge in [-0.1, -0.05) is 62.4 Å². The maximum atomic E-state index is 12.5. The molecule has 146 valence electrons. The number of carbonyl (C=O) groups excluding carboxylic acids is 2. The third kappa shape index (κ3) is 4.66. The van der Waals surface area contributed by atoms with Crippen LogP contribution in [-0.2, 0) is 9.59 Å². The van der Waals surface area contributed by atoms with Crippen molar-refractivity contribution in [3.05, 3.63) is 65.2 Å². The predicted molar refractivity (Wildman–Crippen MR) is 112 cm³/mol. The molecular formula is C23H27N3O2. The van der Waals surface area contributed by atoms with E-state index in [2.05, 4.69) is 24.3 Å². The van der Waals surface area contributed by atoms with Crippen LogP contribution in [0.25, 0.3) is 0 Å². The normalized spacial score (nSPS) is 13.6. The Kier molecular flexibility index (Phi) is 6.24. The van der Waals surface area contributed by atoms with Gasteiger partial charge in [-0.05, 0) is 29.5 Å². The first kappa shape index (κ1) is 19.8. The fraction of sp³-hybridized carbons (Fsp3) is 0.348. The Labute approximate surface area is 166 Å². The number of nitrogens with zero attached hydrogens (tertiary/aromatic N) is 2. The van der Waals surface area contributed by atoms with Gasteiger partial charge in [-0.3, -0.25) is 9.59 Å². The van der Waals surface area contributed by atoms with E-state index in [4.69, 9.17) is 0 Å². The van der Waals surface area contributed by atoms with Crippen molar-refractivity contribution in [2.75, 3.05) is 11.9 Å². The number of benzene rings is 2. The molecule has 1 aliphatic heterocycles. The molecule has 1 aliphatic rings. The van der Waals surface area contributed by atoms with Gasteiger partial charge in [0.1, 0.15) is 0 Å². The first-order valence-corrected chi connectivity index (χ1v) is 9.78. The largest absolute Gasteiger partial charge is 0.326 e. The molecule has 5 heteroatoms. The number of carbonyl (C=O) groups is 2. The number of rotatable bonds is 6. The third-order valence-corrected chi connectivity index (χ3v) is 4.95. The van der Waals surface area contributed by atoms with Crippen molar-refractivity contribution in [2.45, 2.75) is 46.0 Å². The molecule has 3 rings (SSSR count). The minimum absolute atomic E-state index is 0.116. The number of hydrogen-bond acceptors (Lipinski definition) is 3. The highest BCUT2D eigenvalue weighted by molar-refractivity contribution is 6.03. The standard InChI is InChI=1S/C23H27N3O2/c1-16(2)19-11-7-8-17(3)23(19)24-21(27)12-13-22(28)26-15-14-20(25-26)18-9-5-4-6-10-18/h4-11,16H,12-15H2,1-3H3,(H,24,27). The molecule has 0 aliphatic carbocycles. The van der Waals surface area contributed by atoms with Crippen molar-refractivity contribution in [3.8, 4) is 0 Å². The van der Waals surface area contributed by atoms with Crippen LogP contribution in [0.3, 0.4) is 0 Å². The Hall–Kier alpha value is -2.95. The summed E-state index contributed by atoms with van der Waals surface area (Å²) in [5.74, 6) is 0.0538. The molecule has 0 saturated heterocycles. The minimum atomic E-state index is -0.143. The zero-order chi connectivity index (χ0) is 20.1. The Morgan fingerprint density at radius 1 is 1.07 bits per heavy atom. The smallest absolute Gasteiger partial charge is 0.243 e. The molecule has 0 spiro atoms. The van der Waals surface area contributed by atoms with Crippen molar-refractivity contribution < 1.29 is 9.59 Å². The average molecular weight is 377 g/mol. The zero-order valence-electron chi connectivity index (χ0n) is 16.7. The highest BCUT2D eigenvalue weighted by Crippen LogP contribution is 2.27. The molecule has 1 N–H and O–H groups in total. The monoisotopic (exact) mass is 377 g/mol. The number of nitrogens with one attached hydrogen (secondary N) is 1. The second kappa shape index (κ2) is 8.83. The van der Waals surface area contributed by atoms with E-state index in [1.807, 2.05) is 55.5 Å². The van der Waals surface area contributed by atoms with Crippen LogP contribution >= 0.6 is 0 Å². The molecular weight excluding hydrogens is 350 g/mol. The quantitative estimate of drug-likeness (QED) is 0.807. The number of para-hydroxylation sites is 1. The van der Waals surface area contributed by atoms with Crippen LogP contribution in [0.5, 0.6) is 0 Å². The van der Waals surface area contributed by atoms with Crippen LogP contribution in [0.4, 0.5) is 5.69 Å². The van der Waals surface area contributed by atoms with Gasteiger partial charge in [0.25, 0.3) is 0 Å². The molecule has 2 amide bonds. The fourth-order valence-electron chi connectivity index (χ4n) is 3.36. The molecule has 0 aromatic heterocycles. The molecule has 0 bridgehead atoms. The summed E-state index contributed by atoms with van der Waals surface area (Å²) < 4.78 is 0. The highest BCUT2D eigenvalue weighted by Gasteiger charge is 2.22. The highest BCUT2D eigenvalue weighted by atomic mass is 16.2. The summed E-state index contributed by atoms with van der Waals surface area (Å²) in [5, 5.41) is 8.92. The maximum absolute atomic E-state index is 12.5. The first-order chi connectivity index (χ1) is 13.5. The molecule has 0 fully saturated rings. The molecule has 28 heavy (non-hydrogen) atoms. The van der Waals surface area contributed by atoms with Gasteiger partial charge < -0.3 is 5.32 Å². The summed E-state index contributed by atoms with van der Waals surface area (Å²) in [4.78, 5) is 24.9. The van der Waals surface area contributed by atoms with E-state index >= 15 is 0 Å². The van der Waals surface area contributed by atoms with Crippen LogP contribution < -0.4 is 5.32 Å². The lowest BCUT2D eigenvalue weighted by molar-refractivity contribution is -0.132. The van der Waals surface area contributed by atoms with E-state index in [0.29, 0.717) is 12.5 Å². The number of anilines is 1. The number of hydrazone groups is 1. The summed E-state index contributed by atoms with van der Waals surface area (Å²) in [5.41, 5.74) is 4.95. The number of hydrogen-bond donors (Lipinski definition) is 1. The van der Waals surface area contributed by atoms with Crippen molar-refractivity contribution in [1.29, 1.82) is 0 Å². The topological polar surface area (TPSA) is 61.8 Å². The first-order valence-electron chi connectivity index (χ1n) is 9.78. The molecule has 1 heterocycles. The van der Waals surface area contributed by atoms with E-state index in [1.165, 1.54) is 5.01 Å². The predicted octanol–water partition coefficient (Wildman–Crippen LogP) is 4.47. The number of aryl methyl sites for hydroxylation is 1. The molecule has 0 atom stereocenters. The van der Waals surface area contributed by atoms with Gasteiger partial charge in [0, 0.05) is 24.9 Å². The third-order valence-electron chi connectivity index (χ3n) is 4.95. The van der Waals surface area contributed by atoms with E-state index in [1.54, 1.807) is 0 Å². The molecule has 0 unspecified atom stereocenters. The average Bonchev–Trinajstić information content (AvgIpc) is 3.18. The molecule has 5 nitrogen and oxygen atoms in total. The Balaban J connectivity index is 1.57. The van der Waals surface area contributed by atoms with Crippen LogP contribution in [-0.4, -0.2) is 29.1 Å². The van der Waals surface area contributed by atoms with E-state index < -0.39 is 0 Å². The van der Waals surface area contributed by atoms with E-state index in [-0.39, 0.29) is 24.7 Å². The van der Waals surface area contributed by atoms with E-state index in [0.717, 1.165) is 34.5 Å². The van der Waals surface area contributed by atoms with Crippen molar-refractivity contribution >= 4 is 23.2 Å². The lowest BCUT2D eigenvalue weighted by Gasteiger charge is -2.17. The molecule has 0 radical (unpaired) electrons. The van der Waals surface area contributed by atoms with Gasteiger partial charge in [0.05, 0.1) is 12.3 Å². The Bertz CT molecular complexity index is 888. The van der Waals surface area contributed by atoms with Crippen LogP contribution in [0.1, 0.15) is 55.7 Å². The van der Waals surface area contributed by atoms with Crippen LogP contribution in [0.2, 0.25) is 0 Å². The lowest BCUT2D eigenvalue weighted by Crippen LogP contribution is -2.25. The SMILES string of the molecule is Cc1cccc(C(C)C)c1NC(=O)CCC(=O)N1CCC(c2ccccc2)=N1. The van der Waals surface area contributed by atoms with Gasteiger partial charge in [-0.15, -0.1) is 0 Å². The zero-order valence-corrected chi connectivity index (χ0v) is 16.7. The van der Waals surface area contributed by atoms with Crippen molar-refractivity contribution in [2.24, 2.45) is 5.10 Å². The van der Waals surface area contributed by atoms with E-state index in [9.17, 15) is 9.59 Å². The van der Waals surface area contributed by atoms with Gasteiger partial charge in [0.2, 0.25) is 11.8 Å². The Morgan fingerprint density at radius 2 is 1.82 bits per heavy atom. The lowest BCUT2D eigenvalue weighted by atomic mass is 9.98. The van der Waals surface area contributed by atoms with Gasteiger partial charge >= 0.3 is 0 Å². The summed E-state index contributed by atoms with van der Waals surface area (Å²) >= 11 is 0. The summed E-state index contributed by atoms with van der Waals surface area (Å²) in [7, 11) is 0. The Morgan fingerprint density at radius 3 is 2.54 bits per heavy atom. The summed E-state index contributed by atoms with van der Waals surface area (Å²) in [6, 6.07) is 15.9. The molecule has 2 aromatic carbocycles. The second-order valence-corrected chi connectivity index (χ2v) is 7.42. The van der Waals surface area contributed by atoms with Crippen molar-refractivity contribution in [3.63, 3.8) is 0 Å². The van der Waals surface area contributed by atoms with Crippen LogP contribution in [0, 0.1) is 6.92 Å². The molecule has 2 aromatic rings. The molecule has 0 saturated carbocycles. The second-order valence-electron chi connectivity index (χ2n) is 7.42. The van der Waals surface area contributed by atoms with Gasteiger partial charge in [0.15, 0.2) is 0 Å². The number of amides is 2. The fourth-order valence-corrected chi connectivity index (χ4v) is 3.36. The summed E-state index contributed by atoms with van der Waals surface area (Å²) in [6.45, 7) is 6.75. The van der Waals surface area contributed by atoms with Gasteiger partial charge in [-0.25, -0.2) is 5.01 Å². The minimum Gasteiger partial charge on any atom is -0.326 e. The van der Waals surface area contributed by atoms with Gasteiger partial charge in [-0.2, -0.15) is 5.10 Å². The van der Waals surface area contributed by atoms with Crippen LogP contribution in [0.15, 0.2) is 53.6 Å². The van der Waals surface area contributed by atoms with Crippen molar-refractivity contribution in [1.82, 2.24) is 5.01 Å². The maximum Gasteiger partial charge on any atom is 0.243 e.